The molecule has 1 aliphatic heterocycles. The van der Waals surface area contributed by atoms with Gasteiger partial charge in [0, 0.05) is 36.7 Å². The number of rotatable bonds is 6. The first-order valence-electron chi connectivity index (χ1n) is 11.9. The van der Waals surface area contributed by atoms with E-state index in [1.165, 1.54) is 5.56 Å². The number of hydrogen-bond acceptors (Lipinski definition) is 2. The number of carbonyl (C=O) groups excluding carboxylic acids is 2. The molecule has 0 unspecified atom stereocenters. The molecule has 0 radical (unpaired) electrons. The van der Waals surface area contributed by atoms with Gasteiger partial charge in [-0.25, -0.2) is 0 Å². The van der Waals surface area contributed by atoms with Crippen molar-refractivity contribution in [3.8, 4) is 0 Å². The molecular formula is C29H32N2O2. The van der Waals surface area contributed by atoms with Gasteiger partial charge in [0.2, 0.25) is 0 Å². The van der Waals surface area contributed by atoms with Crippen LogP contribution >= 0.6 is 0 Å². The summed E-state index contributed by atoms with van der Waals surface area (Å²) in [5.41, 5.74) is 6.06. The Morgan fingerprint density at radius 3 is 2.39 bits per heavy atom. The highest BCUT2D eigenvalue weighted by molar-refractivity contribution is 5.95. The largest absolute Gasteiger partial charge is 0.348 e. The number of piperidine rings is 1. The maximum absolute atomic E-state index is 13.0. The van der Waals surface area contributed by atoms with Crippen LogP contribution in [-0.2, 0) is 13.0 Å². The van der Waals surface area contributed by atoms with Crippen molar-refractivity contribution in [3.05, 3.63) is 106 Å². The first-order chi connectivity index (χ1) is 16.0. The number of carbonyl (C=O) groups is 2. The fourth-order valence-electron chi connectivity index (χ4n) is 4.42. The van der Waals surface area contributed by atoms with Crippen LogP contribution in [-0.4, -0.2) is 29.8 Å². The molecule has 0 aliphatic carbocycles. The van der Waals surface area contributed by atoms with Crippen LogP contribution in [0.25, 0.3) is 0 Å². The normalized spacial score (nSPS) is 15.8. The van der Waals surface area contributed by atoms with E-state index in [1.807, 2.05) is 54.3 Å². The summed E-state index contributed by atoms with van der Waals surface area (Å²) in [6.45, 7) is 6.13. The van der Waals surface area contributed by atoms with Gasteiger partial charge in [0.25, 0.3) is 11.8 Å². The lowest BCUT2D eigenvalue weighted by Gasteiger charge is -2.33. The topological polar surface area (TPSA) is 49.4 Å². The van der Waals surface area contributed by atoms with Crippen LogP contribution in [0.4, 0.5) is 0 Å². The lowest BCUT2D eigenvalue weighted by molar-refractivity contribution is 0.0706. The number of likely N-dealkylation sites (tertiary alicyclic amines) is 1. The van der Waals surface area contributed by atoms with Gasteiger partial charge in [-0.1, -0.05) is 61.0 Å². The summed E-state index contributed by atoms with van der Waals surface area (Å²) < 4.78 is 0. The molecule has 3 aromatic carbocycles. The molecule has 0 saturated carbocycles. The van der Waals surface area contributed by atoms with Gasteiger partial charge < -0.3 is 10.2 Å². The third-order valence-electron chi connectivity index (χ3n) is 6.51. The molecule has 1 saturated heterocycles. The Balaban J connectivity index is 1.40. The molecular weight excluding hydrogens is 408 g/mol. The van der Waals surface area contributed by atoms with E-state index in [0.29, 0.717) is 18.7 Å². The fraction of sp³-hybridized carbons (Fsp3) is 0.310. The minimum Gasteiger partial charge on any atom is -0.348 e. The highest BCUT2D eigenvalue weighted by Gasteiger charge is 2.26. The van der Waals surface area contributed by atoms with E-state index in [2.05, 4.69) is 42.6 Å². The molecule has 4 heteroatoms. The van der Waals surface area contributed by atoms with Crippen molar-refractivity contribution in [1.29, 1.82) is 0 Å². The molecule has 1 heterocycles. The average Bonchev–Trinajstić information content (AvgIpc) is 2.87. The van der Waals surface area contributed by atoms with Gasteiger partial charge >= 0.3 is 0 Å². The Morgan fingerprint density at radius 1 is 0.939 bits per heavy atom. The summed E-state index contributed by atoms with van der Waals surface area (Å²) in [6.07, 6.45) is 2.99. The second kappa shape index (κ2) is 10.5. The highest BCUT2D eigenvalue weighted by Crippen LogP contribution is 2.28. The van der Waals surface area contributed by atoms with Gasteiger partial charge in [-0.15, -0.1) is 0 Å². The summed E-state index contributed by atoms with van der Waals surface area (Å²) in [6, 6.07) is 24.0. The van der Waals surface area contributed by atoms with Crippen LogP contribution in [0, 0.1) is 6.92 Å². The summed E-state index contributed by atoms with van der Waals surface area (Å²) in [4.78, 5) is 27.7. The lowest BCUT2D eigenvalue weighted by atomic mass is 9.89. The molecule has 1 atom stereocenters. The molecule has 3 aromatic rings. The van der Waals surface area contributed by atoms with Gasteiger partial charge in [0.05, 0.1) is 0 Å². The Kier molecular flexibility index (Phi) is 7.23. The van der Waals surface area contributed by atoms with Gasteiger partial charge in [-0.3, -0.25) is 9.59 Å². The molecule has 170 valence electrons. The Hall–Kier alpha value is -3.40. The predicted molar refractivity (Wildman–Crippen MR) is 132 cm³/mol. The minimum atomic E-state index is -0.0696. The van der Waals surface area contributed by atoms with E-state index in [1.54, 1.807) is 0 Å². The average molecular weight is 441 g/mol. The van der Waals surface area contributed by atoms with Crippen LogP contribution in [0.15, 0.2) is 72.8 Å². The van der Waals surface area contributed by atoms with E-state index in [0.717, 1.165) is 48.1 Å². The molecule has 4 rings (SSSR count). The number of benzene rings is 3. The van der Waals surface area contributed by atoms with Gasteiger partial charge in [0.1, 0.15) is 0 Å². The summed E-state index contributed by atoms with van der Waals surface area (Å²) in [5.74, 6) is 0.255. The van der Waals surface area contributed by atoms with E-state index in [4.69, 9.17) is 0 Å². The lowest BCUT2D eigenvalue weighted by Crippen LogP contribution is -2.39. The van der Waals surface area contributed by atoms with E-state index in [9.17, 15) is 9.59 Å². The van der Waals surface area contributed by atoms with Crippen molar-refractivity contribution in [1.82, 2.24) is 10.2 Å². The number of nitrogens with zero attached hydrogens (tertiary/aromatic N) is 1. The zero-order valence-corrected chi connectivity index (χ0v) is 19.5. The van der Waals surface area contributed by atoms with Crippen LogP contribution in [0.3, 0.4) is 0 Å². The molecule has 0 bridgehead atoms. The van der Waals surface area contributed by atoms with Crippen molar-refractivity contribution in [2.24, 2.45) is 0 Å². The van der Waals surface area contributed by atoms with Crippen LogP contribution in [0.1, 0.15) is 68.7 Å². The van der Waals surface area contributed by atoms with Gasteiger partial charge in [-0.05, 0) is 67.1 Å². The van der Waals surface area contributed by atoms with E-state index >= 15 is 0 Å². The molecule has 1 fully saturated rings. The zero-order valence-electron chi connectivity index (χ0n) is 19.5. The fourth-order valence-corrected chi connectivity index (χ4v) is 4.42. The Labute approximate surface area is 196 Å². The van der Waals surface area contributed by atoms with Crippen molar-refractivity contribution >= 4 is 11.8 Å². The molecule has 2 amide bonds. The summed E-state index contributed by atoms with van der Waals surface area (Å²) >= 11 is 0. The first-order valence-corrected chi connectivity index (χ1v) is 11.9. The van der Waals surface area contributed by atoms with Crippen LogP contribution < -0.4 is 5.32 Å². The Bertz CT molecular complexity index is 1100. The quantitative estimate of drug-likeness (QED) is 0.550. The van der Waals surface area contributed by atoms with Crippen molar-refractivity contribution in [2.45, 2.75) is 45.6 Å². The third kappa shape index (κ3) is 5.70. The summed E-state index contributed by atoms with van der Waals surface area (Å²) in [5, 5.41) is 3.03. The SMILES string of the molecule is CCc1ccc(CNC(=O)c2cccc([C@H]3CCCN(C(=O)c4ccc(C)cc4)C3)c2)cc1. The van der Waals surface area contributed by atoms with E-state index in [-0.39, 0.29) is 17.7 Å². The molecule has 0 aromatic heterocycles. The van der Waals surface area contributed by atoms with Crippen molar-refractivity contribution in [2.75, 3.05) is 13.1 Å². The standard InChI is InChI=1S/C29H32N2O2/c1-3-22-11-13-23(14-12-22)19-30-28(32)26-7-4-6-25(18-26)27-8-5-17-31(20-27)29(33)24-15-9-21(2)10-16-24/h4,6-7,9-16,18,27H,3,5,8,17,19-20H2,1-2H3,(H,30,32)/t27-/m0/s1. The second-order valence-electron chi connectivity index (χ2n) is 8.93. The number of aryl methyl sites for hydroxylation is 2. The number of amides is 2. The number of hydrogen-bond donors (Lipinski definition) is 1. The van der Waals surface area contributed by atoms with Crippen molar-refractivity contribution < 1.29 is 9.59 Å². The van der Waals surface area contributed by atoms with Crippen LogP contribution in [0.2, 0.25) is 0 Å². The van der Waals surface area contributed by atoms with E-state index < -0.39 is 0 Å². The summed E-state index contributed by atoms with van der Waals surface area (Å²) in [7, 11) is 0. The molecule has 0 spiro atoms. The number of nitrogens with one attached hydrogen (secondary N) is 1. The maximum atomic E-state index is 13.0. The third-order valence-corrected chi connectivity index (χ3v) is 6.51. The van der Waals surface area contributed by atoms with Gasteiger partial charge in [0.15, 0.2) is 0 Å². The molecule has 1 N–H and O–H groups in total. The van der Waals surface area contributed by atoms with Crippen molar-refractivity contribution in [3.63, 3.8) is 0 Å². The molecule has 1 aliphatic rings. The maximum Gasteiger partial charge on any atom is 0.253 e. The molecule has 33 heavy (non-hydrogen) atoms. The minimum absolute atomic E-state index is 0.0696. The second-order valence-corrected chi connectivity index (χ2v) is 8.93. The molecule has 4 nitrogen and oxygen atoms in total. The Morgan fingerprint density at radius 2 is 1.67 bits per heavy atom. The monoisotopic (exact) mass is 440 g/mol. The van der Waals surface area contributed by atoms with Gasteiger partial charge in [-0.2, -0.15) is 0 Å². The smallest absolute Gasteiger partial charge is 0.253 e. The first kappa shape index (κ1) is 22.8. The van der Waals surface area contributed by atoms with Crippen LogP contribution in [0.5, 0.6) is 0 Å². The highest BCUT2D eigenvalue weighted by atomic mass is 16.2. The predicted octanol–water partition coefficient (Wildman–Crippen LogP) is 5.51. The zero-order chi connectivity index (χ0) is 23.2.